The molecule has 0 saturated carbocycles. The molecule has 0 saturated heterocycles. The van der Waals surface area contributed by atoms with Gasteiger partial charge in [0, 0.05) is 4.90 Å². The lowest BCUT2D eigenvalue weighted by molar-refractivity contribution is 0.196. The summed E-state index contributed by atoms with van der Waals surface area (Å²) in [4.78, 5) is 5.19. The lowest BCUT2D eigenvalue weighted by Gasteiger charge is -2.09. The van der Waals surface area contributed by atoms with Crippen LogP contribution in [0.1, 0.15) is 24.3 Å². The number of nitrogens with zero attached hydrogens (tertiary/aromatic N) is 1. The molecule has 0 aliphatic carbocycles. The van der Waals surface area contributed by atoms with Gasteiger partial charge < -0.3 is 9.52 Å². The molecule has 16 heavy (non-hydrogen) atoms. The van der Waals surface area contributed by atoms with Crippen LogP contribution in [-0.4, -0.2) is 10.1 Å². The van der Waals surface area contributed by atoms with Crippen LogP contribution in [0.4, 0.5) is 0 Å². The fraction of sp³-hybridized carbons (Fsp3) is 0.250. The molecule has 0 aliphatic rings. The Kier molecular flexibility index (Phi) is 3.31. The second kappa shape index (κ2) is 4.72. The highest BCUT2D eigenvalue weighted by Gasteiger charge is 2.10. The van der Waals surface area contributed by atoms with Gasteiger partial charge in [0.05, 0.1) is 11.8 Å². The normalized spacial score (nSPS) is 12.7. The first-order chi connectivity index (χ1) is 7.66. The van der Waals surface area contributed by atoms with Gasteiger partial charge in [0.15, 0.2) is 0 Å². The van der Waals surface area contributed by atoms with Crippen LogP contribution in [0.25, 0.3) is 0 Å². The number of hydrogen-bond donors (Lipinski definition) is 1. The molecule has 4 heteroatoms. The molecule has 1 N–H and O–H groups in total. The first-order valence-corrected chi connectivity index (χ1v) is 5.85. The molecule has 84 valence electrons. The number of aryl methyl sites for hydroxylation is 1. The van der Waals surface area contributed by atoms with Crippen molar-refractivity contribution in [2.24, 2.45) is 0 Å². The van der Waals surface area contributed by atoms with Gasteiger partial charge in [0.1, 0.15) is 6.26 Å². The maximum absolute atomic E-state index is 9.62. The predicted octanol–water partition coefficient (Wildman–Crippen LogP) is 3.19. The Labute approximate surface area is 98.5 Å². The molecule has 0 amide bonds. The lowest BCUT2D eigenvalue weighted by Crippen LogP contribution is -1.93. The molecule has 0 aliphatic heterocycles. The van der Waals surface area contributed by atoms with E-state index in [4.69, 9.17) is 4.42 Å². The van der Waals surface area contributed by atoms with Crippen molar-refractivity contribution in [1.82, 2.24) is 4.98 Å². The quantitative estimate of drug-likeness (QED) is 0.887. The van der Waals surface area contributed by atoms with E-state index < -0.39 is 6.10 Å². The highest BCUT2D eigenvalue weighted by atomic mass is 32.2. The zero-order valence-corrected chi connectivity index (χ0v) is 9.99. The summed E-state index contributed by atoms with van der Waals surface area (Å²) in [7, 11) is 0. The monoisotopic (exact) mass is 235 g/mol. The van der Waals surface area contributed by atoms with Crippen LogP contribution in [-0.2, 0) is 0 Å². The summed E-state index contributed by atoms with van der Waals surface area (Å²) in [5, 5.41) is 10.2. The summed E-state index contributed by atoms with van der Waals surface area (Å²) in [6, 6.07) is 7.70. The van der Waals surface area contributed by atoms with Crippen LogP contribution in [0.15, 0.2) is 45.1 Å². The topological polar surface area (TPSA) is 46.3 Å². The Morgan fingerprint density at radius 3 is 2.75 bits per heavy atom. The van der Waals surface area contributed by atoms with Gasteiger partial charge in [0.25, 0.3) is 5.22 Å². The number of aliphatic hydroxyl groups is 1. The highest BCUT2D eigenvalue weighted by molar-refractivity contribution is 7.99. The average Bonchev–Trinajstić information content (AvgIpc) is 2.64. The summed E-state index contributed by atoms with van der Waals surface area (Å²) in [5.74, 6) is 0. The second-order valence-electron chi connectivity index (χ2n) is 3.57. The Morgan fingerprint density at radius 1 is 1.38 bits per heavy atom. The van der Waals surface area contributed by atoms with Crippen molar-refractivity contribution in [3.8, 4) is 0 Å². The third-order valence-corrected chi connectivity index (χ3v) is 3.12. The molecule has 0 fully saturated rings. The van der Waals surface area contributed by atoms with Crippen molar-refractivity contribution in [3.63, 3.8) is 0 Å². The molecule has 0 bridgehead atoms. The predicted molar refractivity (Wildman–Crippen MR) is 62.4 cm³/mol. The van der Waals surface area contributed by atoms with Gasteiger partial charge in [-0.25, -0.2) is 4.98 Å². The Morgan fingerprint density at radius 2 is 2.12 bits per heavy atom. The average molecular weight is 235 g/mol. The molecule has 1 aromatic carbocycles. The van der Waals surface area contributed by atoms with Crippen molar-refractivity contribution in [2.75, 3.05) is 0 Å². The molecule has 1 atom stereocenters. The Hall–Kier alpha value is -1.26. The Balaban J connectivity index is 2.27. The SMILES string of the molecule is Cc1coc(Sc2ccccc2[C@@H](C)O)n1. The maximum Gasteiger partial charge on any atom is 0.260 e. The van der Waals surface area contributed by atoms with Gasteiger partial charge in [0.2, 0.25) is 0 Å². The van der Waals surface area contributed by atoms with E-state index in [1.165, 1.54) is 11.8 Å². The van der Waals surface area contributed by atoms with E-state index >= 15 is 0 Å². The van der Waals surface area contributed by atoms with Crippen molar-refractivity contribution in [2.45, 2.75) is 30.1 Å². The van der Waals surface area contributed by atoms with Crippen molar-refractivity contribution in [3.05, 3.63) is 41.8 Å². The van der Waals surface area contributed by atoms with E-state index in [0.29, 0.717) is 5.22 Å². The molecule has 0 unspecified atom stereocenters. The number of aliphatic hydroxyl groups excluding tert-OH is 1. The van der Waals surface area contributed by atoms with Gasteiger partial charge in [-0.2, -0.15) is 0 Å². The minimum atomic E-state index is -0.486. The van der Waals surface area contributed by atoms with Crippen molar-refractivity contribution >= 4 is 11.8 Å². The largest absolute Gasteiger partial charge is 0.439 e. The van der Waals surface area contributed by atoms with E-state index in [9.17, 15) is 5.11 Å². The summed E-state index contributed by atoms with van der Waals surface area (Å²) in [6.45, 7) is 3.63. The number of oxazole rings is 1. The van der Waals surface area contributed by atoms with Crippen LogP contribution in [0.5, 0.6) is 0 Å². The third-order valence-electron chi connectivity index (χ3n) is 2.16. The molecule has 3 nitrogen and oxygen atoms in total. The summed E-state index contributed by atoms with van der Waals surface area (Å²) in [5.41, 5.74) is 1.75. The molecule has 2 aromatic rings. The Bertz CT molecular complexity index is 479. The number of aromatic nitrogens is 1. The zero-order valence-electron chi connectivity index (χ0n) is 9.18. The smallest absolute Gasteiger partial charge is 0.260 e. The molecule has 0 radical (unpaired) electrons. The standard InChI is InChI=1S/C12H13NO2S/c1-8-7-15-12(13-8)16-11-6-4-3-5-10(11)9(2)14/h3-7,9,14H,1-2H3/t9-/m1/s1. The first kappa shape index (κ1) is 11.2. The number of hydrogen-bond acceptors (Lipinski definition) is 4. The van der Waals surface area contributed by atoms with E-state index in [1.807, 2.05) is 31.2 Å². The minimum absolute atomic E-state index is 0.486. The maximum atomic E-state index is 9.62. The lowest BCUT2D eigenvalue weighted by atomic mass is 10.1. The second-order valence-corrected chi connectivity index (χ2v) is 4.56. The molecule has 2 rings (SSSR count). The summed E-state index contributed by atoms with van der Waals surface area (Å²) < 4.78 is 5.27. The molecule has 1 aromatic heterocycles. The molecule has 1 heterocycles. The van der Waals surface area contributed by atoms with Gasteiger partial charge in [-0.1, -0.05) is 18.2 Å². The van der Waals surface area contributed by atoms with E-state index in [-0.39, 0.29) is 0 Å². The molecular formula is C12H13NO2S. The van der Waals surface area contributed by atoms with Crippen molar-refractivity contribution in [1.29, 1.82) is 0 Å². The highest BCUT2D eigenvalue weighted by Crippen LogP contribution is 2.32. The fourth-order valence-electron chi connectivity index (χ4n) is 1.39. The van der Waals surface area contributed by atoms with Crippen LogP contribution < -0.4 is 0 Å². The summed E-state index contributed by atoms with van der Waals surface area (Å²) in [6.07, 6.45) is 1.13. The van der Waals surface area contributed by atoms with Crippen molar-refractivity contribution < 1.29 is 9.52 Å². The van der Waals surface area contributed by atoms with Gasteiger partial charge in [-0.05, 0) is 37.2 Å². The molecule has 0 spiro atoms. The number of rotatable bonds is 3. The van der Waals surface area contributed by atoms with E-state index in [0.717, 1.165) is 16.2 Å². The zero-order chi connectivity index (χ0) is 11.5. The van der Waals surface area contributed by atoms with Gasteiger partial charge >= 0.3 is 0 Å². The fourth-order valence-corrected chi connectivity index (χ4v) is 2.37. The minimum Gasteiger partial charge on any atom is -0.439 e. The van der Waals surface area contributed by atoms with Crippen LogP contribution in [0, 0.1) is 6.92 Å². The van der Waals surface area contributed by atoms with Crippen LogP contribution in [0.3, 0.4) is 0 Å². The van der Waals surface area contributed by atoms with Gasteiger partial charge in [-0.15, -0.1) is 0 Å². The number of benzene rings is 1. The van der Waals surface area contributed by atoms with Gasteiger partial charge in [-0.3, -0.25) is 0 Å². The first-order valence-electron chi connectivity index (χ1n) is 5.04. The third kappa shape index (κ3) is 2.46. The van der Waals surface area contributed by atoms with E-state index in [1.54, 1.807) is 13.2 Å². The van der Waals surface area contributed by atoms with Crippen LogP contribution >= 0.6 is 11.8 Å². The van der Waals surface area contributed by atoms with Crippen LogP contribution in [0.2, 0.25) is 0 Å². The summed E-state index contributed by atoms with van der Waals surface area (Å²) >= 11 is 1.43. The van der Waals surface area contributed by atoms with E-state index in [2.05, 4.69) is 4.98 Å². The molecular weight excluding hydrogens is 222 g/mol.